The van der Waals surface area contributed by atoms with E-state index in [1.54, 1.807) is 18.4 Å². The smallest absolute Gasteiger partial charge is 0.251 e. The Hall–Kier alpha value is -2.88. The molecule has 0 unspecified atom stereocenters. The fraction of sp³-hybridized carbons (Fsp3) is 0.250. The zero-order valence-corrected chi connectivity index (χ0v) is 17.0. The van der Waals surface area contributed by atoms with Crippen molar-refractivity contribution in [3.05, 3.63) is 78.1 Å². The van der Waals surface area contributed by atoms with Gasteiger partial charge in [-0.2, -0.15) is 0 Å². The standard InChI is InChI=1S/C20H23N3O5S/c1-23(2)18(19-6-4-12-28-19)14-21-20(24)15-7-9-17(10-8-15)29(25,26)22-13-16-5-3-11-27-16/h3-12,18,22H,13-14H2,1-2H3,(H,21,24)/p+1/t18-/m0/s1. The van der Waals surface area contributed by atoms with Crippen molar-refractivity contribution >= 4 is 15.9 Å². The number of amides is 1. The minimum absolute atomic E-state index is 0.0283. The van der Waals surface area contributed by atoms with E-state index in [0.29, 0.717) is 17.9 Å². The molecular formula is C20H24N3O5S+. The highest BCUT2D eigenvalue weighted by Gasteiger charge is 2.22. The lowest BCUT2D eigenvalue weighted by Crippen LogP contribution is -3.07. The van der Waals surface area contributed by atoms with E-state index >= 15 is 0 Å². The minimum atomic E-state index is -3.70. The van der Waals surface area contributed by atoms with E-state index in [1.807, 2.05) is 26.2 Å². The molecule has 1 amide bonds. The first-order valence-electron chi connectivity index (χ1n) is 9.10. The van der Waals surface area contributed by atoms with Gasteiger partial charge in [0.05, 0.1) is 44.6 Å². The summed E-state index contributed by atoms with van der Waals surface area (Å²) in [7, 11) is 0.259. The Morgan fingerprint density at radius 2 is 1.72 bits per heavy atom. The van der Waals surface area contributed by atoms with Crippen LogP contribution in [-0.2, 0) is 16.6 Å². The van der Waals surface area contributed by atoms with Crippen LogP contribution in [0.2, 0.25) is 0 Å². The molecule has 1 aromatic carbocycles. The second-order valence-corrected chi connectivity index (χ2v) is 8.55. The number of hydrogen-bond acceptors (Lipinski definition) is 5. The molecule has 2 heterocycles. The number of furan rings is 2. The summed E-state index contributed by atoms with van der Waals surface area (Å²) in [5.74, 6) is 1.02. The molecule has 1 atom stereocenters. The van der Waals surface area contributed by atoms with Crippen LogP contribution in [0.5, 0.6) is 0 Å². The van der Waals surface area contributed by atoms with Crippen molar-refractivity contribution in [3.63, 3.8) is 0 Å². The van der Waals surface area contributed by atoms with Gasteiger partial charge in [0.15, 0.2) is 11.8 Å². The summed E-state index contributed by atoms with van der Waals surface area (Å²) in [4.78, 5) is 13.6. The topological polar surface area (TPSA) is 106 Å². The average Bonchev–Trinajstić information content (AvgIpc) is 3.40. The number of rotatable bonds is 9. The third-order valence-corrected chi connectivity index (χ3v) is 5.91. The first-order valence-corrected chi connectivity index (χ1v) is 10.6. The van der Waals surface area contributed by atoms with Crippen LogP contribution in [0.1, 0.15) is 27.9 Å². The molecule has 0 saturated carbocycles. The SMILES string of the molecule is C[NH+](C)[C@@H](CNC(=O)c1ccc(S(=O)(=O)NCc2ccco2)cc1)c1ccco1. The maximum Gasteiger partial charge on any atom is 0.251 e. The van der Waals surface area contributed by atoms with Crippen molar-refractivity contribution in [2.75, 3.05) is 20.6 Å². The molecule has 2 aromatic heterocycles. The lowest BCUT2D eigenvalue weighted by atomic mass is 10.2. The van der Waals surface area contributed by atoms with Crippen molar-refractivity contribution < 1.29 is 26.9 Å². The zero-order chi connectivity index (χ0) is 20.9. The van der Waals surface area contributed by atoms with Gasteiger partial charge >= 0.3 is 0 Å². The largest absolute Gasteiger partial charge is 0.468 e. The van der Waals surface area contributed by atoms with Gasteiger partial charge in [-0.3, -0.25) is 4.79 Å². The van der Waals surface area contributed by atoms with E-state index in [4.69, 9.17) is 8.83 Å². The van der Waals surface area contributed by atoms with Gasteiger partial charge in [-0.15, -0.1) is 0 Å². The number of benzene rings is 1. The zero-order valence-electron chi connectivity index (χ0n) is 16.2. The summed E-state index contributed by atoms with van der Waals surface area (Å²) in [5.41, 5.74) is 0.377. The molecule has 0 aliphatic rings. The maximum absolute atomic E-state index is 12.5. The molecule has 154 valence electrons. The lowest BCUT2D eigenvalue weighted by Gasteiger charge is -2.19. The van der Waals surface area contributed by atoms with E-state index in [9.17, 15) is 13.2 Å². The number of likely N-dealkylation sites (N-methyl/N-ethyl adjacent to an activating group) is 1. The third kappa shape index (κ3) is 5.35. The van der Waals surface area contributed by atoms with Crippen LogP contribution in [0.15, 0.2) is 74.8 Å². The number of carbonyl (C=O) groups excluding carboxylic acids is 1. The highest BCUT2D eigenvalue weighted by Crippen LogP contribution is 2.13. The van der Waals surface area contributed by atoms with Gasteiger partial charge in [0, 0.05) is 5.56 Å². The Morgan fingerprint density at radius 1 is 1.03 bits per heavy atom. The van der Waals surface area contributed by atoms with Gasteiger partial charge in [0.25, 0.3) is 5.91 Å². The van der Waals surface area contributed by atoms with Crippen molar-refractivity contribution in [3.8, 4) is 0 Å². The number of sulfonamides is 1. The number of nitrogens with one attached hydrogen (secondary N) is 3. The van der Waals surface area contributed by atoms with E-state index in [1.165, 1.54) is 30.5 Å². The maximum atomic E-state index is 12.5. The predicted octanol–water partition coefficient (Wildman–Crippen LogP) is 0.967. The predicted molar refractivity (Wildman–Crippen MR) is 106 cm³/mol. The molecule has 0 bridgehead atoms. The Bertz CT molecular complexity index is 1010. The van der Waals surface area contributed by atoms with E-state index in [0.717, 1.165) is 10.7 Å². The molecule has 0 aliphatic carbocycles. The molecule has 9 heteroatoms. The van der Waals surface area contributed by atoms with Gasteiger partial charge < -0.3 is 19.1 Å². The molecule has 0 saturated heterocycles. The highest BCUT2D eigenvalue weighted by atomic mass is 32.2. The molecule has 8 nitrogen and oxygen atoms in total. The first-order chi connectivity index (χ1) is 13.9. The molecule has 29 heavy (non-hydrogen) atoms. The van der Waals surface area contributed by atoms with E-state index in [2.05, 4.69) is 10.0 Å². The highest BCUT2D eigenvalue weighted by molar-refractivity contribution is 7.89. The summed E-state index contributed by atoms with van der Waals surface area (Å²) in [6, 6.07) is 12.8. The van der Waals surface area contributed by atoms with Gasteiger partial charge in [0.2, 0.25) is 10.0 Å². The Morgan fingerprint density at radius 3 is 2.31 bits per heavy atom. The fourth-order valence-electron chi connectivity index (χ4n) is 2.82. The monoisotopic (exact) mass is 418 g/mol. The van der Waals surface area contributed by atoms with E-state index in [-0.39, 0.29) is 23.4 Å². The third-order valence-electron chi connectivity index (χ3n) is 4.49. The molecule has 3 rings (SSSR count). The Labute approximate surface area is 169 Å². The number of carbonyl (C=O) groups is 1. The average molecular weight is 418 g/mol. The summed E-state index contributed by atoms with van der Waals surface area (Å²) in [6.45, 7) is 0.443. The van der Waals surface area contributed by atoms with Crippen LogP contribution >= 0.6 is 0 Å². The quantitative estimate of drug-likeness (QED) is 0.480. The molecule has 3 N–H and O–H groups in total. The summed E-state index contributed by atoms with van der Waals surface area (Å²) in [6.07, 6.45) is 3.08. The van der Waals surface area contributed by atoms with Crippen LogP contribution in [0.4, 0.5) is 0 Å². The number of hydrogen-bond donors (Lipinski definition) is 3. The summed E-state index contributed by atoms with van der Waals surface area (Å²) >= 11 is 0. The van der Waals surface area contributed by atoms with Crippen molar-refractivity contribution in [2.24, 2.45) is 0 Å². The fourth-order valence-corrected chi connectivity index (χ4v) is 3.82. The van der Waals surface area contributed by atoms with Gasteiger partial charge in [0.1, 0.15) is 5.76 Å². The second-order valence-electron chi connectivity index (χ2n) is 6.78. The molecule has 0 fully saturated rings. The summed E-state index contributed by atoms with van der Waals surface area (Å²) < 4.78 is 37.7. The van der Waals surface area contributed by atoms with E-state index < -0.39 is 10.0 Å². The minimum Gasteiger partial charge on any atom is -0.468 e. The lowest BCUT2D eigenvalue weighted by molar-refractivity contribution is -0.891. The van der Waals surface area contributed by atoms with Crippen LogP contribution < -0.4 is 14.9 Å². The van der Waals surface area contributed by atoms with Gasteiger partial charge in [-0.25, -0.2) is 13.1 Å². The Kier molecular flexibility index (Phi) is 6.53. The molecular weight excluding hydrogens is 394 g/mol. The van der Waals surface area contributed by atoms with Crippen molar-refractivity contribution in [2.45, 2.75) is 17.5 Å². The summed E-state index contributed by atoms with van der Waals surface area (Å²) in [5, 5.41) is 2.87. The van der Waals surface area contributed by atoms with Crippen LogP contribution in [-0.4, -0.2) is 35.0 Å². The van der Waals surface area contributed by atoms with Gasteiger partial charge in [-0.1, -0.05) is 0 Å². The number of quaternary nitrogens is 1. The second kappa shape index (κ2) is 9.08. The molecule has 0 radical (unpaired) electrons. The van der Waals surface area contributed by atoms with Gasteiger partial charge in [-0.05, 0) is 48.5 Å². The Balaban J connectivity index is 1.60. The molecule has 3 aromatic rings. The van der Waals surface area contributed by atoms with Crippen LogP contribution in [0, 0.1) is 0 Å². The molecule has 0 spiro atoms. The van der Waals surface area contributed by atoms with Crippen molar-refractivity contribution in [1.29, 1.82) is 0 Å². The first kappa shape index (κ1) is 20.8. The van der Waals surface area contributed by atoms with Crippen LogP contribution in [0.3, 0.4) is 0 Å². The van der Waals surface area contributed by atoms with Crippen LogP contribution in [0.25, 0.3) is 0 Å². The van der Waals surface area contributed by atoms with Crippen molar-refractivity contribution in [1.82, 2.24) is 10.0 Å². The molecule has 0 aliphatic heterocycles. The normalized spacial score (nSPS) is 12.8.